The number of nitrogens with one attached hydrogen (secondary N) is 1. The Balaban J connectivity index is 1.38. The zero-order valence-corrected chi connectivity index (χ0v) is 10.8. The number of rotatable bonds is 5. The number of Topliss-reactive ketones (excluding diaryl/α,β-unsaturated/α-hetero) is 1. The smallest absolute Gasteiger partial charge is 0.146 e. The van der Waals surface area contributed by atoms with Crippen LogP contribution < -0.4 is 5.32 Å². The maximum Gasteiger partial charge on any atom is 0.146 e. The molecule has 0 aliphatic heterocycles. The van der Waals surface area contributed by atoms with Gasteiger partial charge in [0.1, 0.15) is 5.78 Å². The number of carbonyl (C=O) groups excluding carboxylic acids is 1. The van der Waals surface area contributed by atoms with Gasteiger partial charge in [-0.2, -0.15) is 0 Å². The van der Waals surface area contributed by atoms with Crippen molar-refractivity contribution in [1.29, 1.82) is 0 Å². The molecule has 3 aliphatic rings. The van der Waals surface area contributed by atoms with Gasteiger partial charge in [-0.3, -0.25) is 4.79 Å². The quantitative estimate of drug-likeness (QED) is 0.794. The highest BCUT2D eigenvalue weighted by atomic mass is 16.1. The summed E-state index contributed by atoms with van der Waals surface area (Å²) >= 11 is 0. The van der Waals surface area contributed by atoms with Crippen LogP contribution in [0.25, 0.3) is 0 Å². The Morgan fingerprint density at radius 3 is 2.53 bits per heavy atom. The highest BCUT2D eigenvalue weighted by Gasteiger charge is 2.39. The first-order valence-corrected chi connectivity index (χ1v) is 7.56. The zero-order chi connectivity index (χ0) is 11.7. The van der Waals surface area contributed by atoms with Crippen LogP contribution >= 0.6 is 0 Å². The van der Waals surface area contributed by atoms with E-state index in [9.17, 15) is 4.79 Å². The van der Waals surface area contributed by atoms with Crippen molar-refractivity contribution in [1.82, 2.24) is 5.32 Å². The van der Waals surface area contributed by atoms with Crippen molar-refractivity contribution in [3.05, 3.63) is 0 Å². The minimum atomic E-state index is 0.467. The topological polar surface area (TPSA) is 29.1 Å². The second kappa shape index (κ2) is 5.09. The molecule has 0 aromatic rings. The van der Waals surface area contributed by atoms with Gasteiger partial charge in [-0.1, -0.05) is 19.3 Å². The molecule has 0 spiro atoms. The van der Waals surface area contributed by atoms with E-state index in [1.165, 1.54) is 51.4 Å². The predicted octanol–water partition coefficient (Wildman–Crippen LogP) is 2.91. The average molecular weight is 235 g/mol. The lowest BCUT2D eigenvalue weighted by molar-refractivity contribution is -0.119. The van der Waals surface area contributed by atoms with Crippen LogP contribution in [-0.4, -0.2) is 18.4 Å². The molecule has 2 bridgehead atoms. The molecule has 96 valence electrons. The Morgan fingerprint density at radius 1 is 1.06 bits per heavy atom. The molecule has 3 atom stereocenters. The van der Waals surface area contributed by atoms with Crippen molar-refractivity contribution in [3.63, 3.8) is 0 Å². The van der Waals surface area contributed by atoms with E-state index < -0.39 is 0 Å². The third-order valence-corrected chi connectivity index (χ3v) is 5.32. The van der Waals surface area contributed by atoms with Crippen molar-refractivity contribution in [3.8, 4) is 0 Å². The maximum absolute atomic E-state index is 12.0. The number of ketones is 1. The maximum atomic E-state index is 12.0. The summed E-state index contributed by atoms with van der Waals surface area (Å²) < 4.78 is 0. The Morgan fingerprint density at radius 2 is 1.88 bits per heavy atom. The van der Waals surface area contributed by atoms with E-state index >= 15 is 0 Å². The van der Waals surface area contributed by atoms with Gasteiger partial charge >= 0.3 is 0 Å². The third kappa shape index (κ3) is 2.73. The summed E-state index contributed by atoms with van der Waals surface area (Å²) in [6, 6.07) is 0.638. The number of hydrogen-bond donors (Lipinski definition) is 1. The van der Waals surface area contributed by atoms with E-state index in [-0.39, 0.29) is 0 Å². The SMILES string of the molecule is O=C(CNC1CCCC1)CC1CC2CCC1C2. The molecule has 3 rings (SSSR count). The third-order valence-electron chi connectivity index (χ3n) is 5.32. The van der Waals surface area contributed by atoms with E-state index in [0.29, 0.717) is 18.4 Å². The molecule has 0 aromatic heterocycles. The lowest BCUT2D eigenvalue weighted by Crippen LogP contribution is -2.32. The molecule has 0 heterocycles. The molecular formula is C15H25NO. The summed E-state index contributed by atoms with van der Waals surface area (Å²) in [7, 11) is 0. The minimum absolute atomic E-state index is 0.467. The Labute approximate surface area is 105 Å². The van der Waals surface area contributed by atoms with Gasteiger partial charge in [-0.15, -0.1) is 0 Å². The molecule has 0 aromatic carbocycles. The van der Waals surface area contributed by atoms with Crippen LogP contribution in [0.1, 0.15) is 57.8 Å². The molecule has 0 amide bonds. The molecule has 3 aliphatic carbocycles. The van der Waals surface area contributed by atoms with E-state index in [0.717, 1.165) is 24.2 Å². The number of fused-ring (bicyclic) bond motifs is 2. The molecule has 0 saturated heterocycles. The van der Waals surface area contributed by atoms with Crippen LogP contribution in [0.4, 0.5) is 0 Å². The second-order valence-corrected chi connectivity index (χ2v) is 6.54. The van der Waals surface area contributed by atoms with Crippen LogP contribution in [0.5, 0.6) is 0 Å². The summed E-state index contributed by atoms with van der Waals surface area (Å²) in [5, 5.41) is 3.45. The Hall–Kier alpha value is -0.370. The van der Waals surface area contributed by atoms with Crippen molar-refractivity contribution in [2.24, 2.45) is 17.8 Å². The summed E-state index contributed by atoms with van der Waals surface area (Å²) in [6.07, 6.45) is 11.7. The monoisotopic (exact) mass is 235 g/mol. The summed E-state index contributed by atoms with van der Waals surface area (Å²) in [5.41, 5.74) is 0. The van der Waals surface area contributed by atoms with Gasteiger partial charge in [0.25, 0.3) is 0 Å². The van der Waals surface area contributed by atoms with Crippen molar-refractivity contribution < 1.29 is 4.79 Å². The van der Waals surface area contributed by atoms with Crippen LogP contribution in [0.3, 0.4) is 0 Å². The molecule has 0 radical (unpaired) electrons. The molecule has 3 saturated carbocycles. The predicted molar refractivity (Wildman–Crippen MR) is 68.8 cm³/mol. The first-order valence-electron chi connectivity index (χ1n) is 7.56. The highest BCUT2D eigenvalue weighted by molar-refractivity contribution is 5.80. The standard InChI is InChI=1S/C15H25NO/c17-15(10-16-14-3-1-2-4-14)9-13-8-11-5-6-12(13)7-11/h11-14,16H,1-10H2. The lowest BCUT2D eigenvalue weighted by Gasteiger charge is -2.21. The molecule has 17 heavy (non-hydrogen) atoms. The van der Waals surface area contributed by atoms with Crippen LogP contribution in [0, 0.1) is 17.8 Å². The number of hydrogen-bond acceptors (Lipinski definition) is 2. The largest absolute Gasteiger partial charge is 0.307 e. The number of carbonyl (C=O) groups is 1. The van der Waals surface area contributed by atoms with E-state index in [1.54, 1.807) is 0 Å². The van der Waals surface area contributed by atoms with E-state index in [4.69, 9.17) is 0 Å². The van der Waals surface area contributed by atoms with E-state index in [2.05, 4.69) is 5.32 Å². The first-order chi connectivity index (χ1) is 8.31. The zero-order valence-electron chi connectivity index (χ0n) is 10.8. The van der Waals surface area contributed by atoms with Gasteiger partial charge in [-0.05, 0) is 49.9 Å². The Kier molecular flexibility index (Phi) is 3.51. The van der Waals surface area contributed by atoms with Gasteiger partial charge < -0.3 is 5.32 Å². The van der Waals surface area contributed by atoms with Crippen LogP contribution in [0.15, 0.2) is 0 Å². The van der Waals surface area contributed by atoms with Gasteiger partial charge in [-0.25, -0.2) is 0 Å². The molecule has 3 fully saturated rings. The van der Waals surface area contributed by atoms with Gasteiger partial charge in [0.2, 0.25) is 0 Å². The van der Waals surface area contributed by atoms with Gasteiger partial charge in [0, 0.05) is 12.5 Å². The normalized spacial score (nSPS) is 36.8. The Bertz CT molecular complexity index is 283. The van der Waals surface area contributed by atoms with Crippen LogP contribution in [-0.2, 0) is 4.79 Å². The lowest BCUT2D eigenvalue weighted by atomic mass is 9.85. The van der Waals surface area contributed by atoms with E-state index in [1.807, 2.05) is 0 Å². The van der Waals surface area contributed by atoms with Crippen molar-refractivity contribution in [2.45, 2.75) is 63.8 Å². The summed E-state index contributed by atoms with van der Waals surface area (Å²) in [5.74, 6) is 3.08. The first kappa shape index (κ1) is 11.7. The highest BCUT2D eigenvalue weighted by Crippen LogP contribution is 2.49. The molecule has 1 N–H and O–H groups in total. The van der Waals surface area contributed by atoms with Crippen molar-refractivity contribution >= 4 is 5.78 Å². The fourth-order valence-corrected chi connectivity index (χ4v) is 4.38. The summed E-state index contributed by atoms with van der Waals surface area (Å²) in [4.78, 5) is 12.0. The molecule has 2 nitrogen and oxygen atoms in total. The van der Waals surface area contributed by atoms with Gasteiger partial charge in [0.05, 0.1) is 6.54 Å². The second-order valence-electron chi connectivity index (χ2n) is 6.54. The average Bonchev–Trinajstić information content (AvgIpc) is 3.03. The fourth-order valence-electron chi connectivity index (χ4n) is 4.38. The summed E-state index contributed by atoms with van der Waals surface area (Å²) in [6.45, 7) is 0.637. The molecule has 3 unspecified atom stereocenters. The fraction of sp³-hybridized carbons (Fsp3) is 0.933. The minimum Gasteiger partial charge on any atom is -0.307 e. The molecule has 2 heteroatoms. The van der Waals surface area contributed by atoms with Gasteiger partial charge in [0.15, 0.2) is 0 Å². The molecular weight excluding hydrogens is 210 g/mol. The van der Waals surface area contributed by atoms with Crippen LogP contribution in [0.2, 0.25) is 0 Å². The van der Waals surface area contributed by atoms with Crippen molar-refractivity contribution in [2.75, 3.05) is 6.54 Å².